The Labute approximate surface area is 140 Å². The van der Waals surface area contributed by atoms with Crippen LogP contribution in [-0.2, 0) is 17.5 Å². The SMILES string of the molecule is CNC1CCN(Cc2ccc(NC(=O)C(C)C)cc2C(F)(F)F)C1. The molecule has 0 aliphatic carbocycles. The average Bonchev–Trinajstić information content (AvgIpc) is 2.95. The van der Waals surface area contributed by atoms with Crippen LogP contribution in [0.4, 0.5) is 18.9 Å². The van der Waals surface area contributed by atoms with Gasteiger partial charge in [-0.1, -0.05) is 19.9 Å². The molecule has 0 aromatic heterocycles. The van der Waals surface area contributed by atoms with Crippen molar-refractivity contribution < 1.29 is 18.0 Å². The van der Waals surface area contributed by atoms with Crippen molar-refractivity contribution in [1.82, 2.24) is 10.2 Å². The normalized spacial score (nSPS) is 19.0. The molecule has 1 saturated heterocycles. The largest absolute Gasteiger partial charge is 0.416 e. The Bertz CT molecular complexity index is 587. The lowest BCUT2D eigenvalue weighted by Crippen LogP contribution is -2.29. The Morgan fingerprint density at radius 1 is 1.38 bits per heavy atom. The predicted octanol–water partition coefficient (Wildman–Crippen LogP) is 3.09. The summed E-state index contributed by atoms with van der Waals surface area (Å²) in [6.07, 6.45) is -3.52. The second kappa shape index (κ2) is 7.53. The number of halogens is 3. The van der Waals surface area contributed by atoms with Crippen LogP contribution < -0.4 is 10.6 Å². The molecule has 1 heterocycles. The number of amides is 1. The predicted molar refractivity (Wildman–Crippen MR) is 87.7 cm³/mol. The molecule has 1 aromatic rings. The van der Waals surface area contributed by atoms with E-state index in [9.17, 15) is 18.0 Å². The highest BCUT2D eigenvalue weighted by Crippen LogP contribution is 2.35. The Morgan fingerprint density at radius 3 is 2.62 bits per heavy atom. The monoisotopic (exact) mass is 343 g/mol. The minimum absolute atomic E-state index is 0.180. The van der Waals surface area contributed by atoms with E-state index in [1.165, 1.54) is 12.1 Å². The summed E-state index contributed by atoms with van der Waals surface area (Å²) in [6.45, 7) is 5.15. The van der Waals surface area contributed by atoms with Crippen molar-refractivity contribution in [3.63, 3.8) is 0 Å². The van der Waals surface area contributed by atoms with Gasteiger partial charge in [0.2, 0.25) is 5.91 Å². The molecule has 1 atom stereocenters. The summed E-state index contributed by atoms with van der Waals surface area (Å²) in [7, 11) is 1.86. The maximum absolute atomic E-state index is 13.4. The van der Waals surface area contributed by atoms with E-state index in [-0.39, 0.29) is 29.6 Å². The number of hydrogen-bond acceptors (Lipinski definition) is 3. The van der Waals surface area contributed by atoms with Gasteiger partial charge in [-0.15, -0.1) is 0 Å². The fraction of sp³-hybridized carbons (Fsp3) is 0.588. The third kappa shape index (κ3) is 4.70. The first-order valence-corrected chi connectivity index (χ1v) is 8.11. The quantitative estimate of drug-likeness (QED) is 0.863. The lowest BCUT2D eigenvalue weighted by atomic mass is 10.0. The number of carbonyl (C=O) groups excluding carboxylic acids is 1. The summed E-state index contributed by atoms with van der Waals surface area (Å²) in [5.41, 5.74) is -0.266. The van der Waals surface area contributed by atoms with Crippen LogP contribution in [0.5, 0.6) is 0 Å². The molecule has 1 aliphatic rings. The molecule has 4 nitrogen and oxygen atoms in total. The Hall–Kier alpha value is -1.60. The molecule has 2 rings (SSSR count). The summed E-state index contributed by atoms with van der Waals surface area (Å²) < 4.78 is 40.2. The van der Waals surface area contributed by atoms with Crippen molar-refractivity contribution in [2.75, 3.05) is 25.5 Å². The highest BCUT2D eigenvalue weighted by Gasteiger charge is 2.34. The summed E-state index contributed by atoms with van der Waals surface area (Å²) in [5, 5.41) is 5.68. The number of likely N-dealkylation sites (N-methyl/N-ethyl adjacent to an activating group) is 1. The number of nitrogens with one attached hydrogen (secondary N) is 2. The highest BCUT2D eigenvalue weighted by atomic mass is 19.4. The maximum atomic E-state index is 13.4. The number of alkyl halides is 3. The first-order valence-electron chi connectivity index (χ1n) is 8.11. The number of nitrogens with zero attached hydrogens (tertiary/aromatic N) is 1. The van der Waals surface area contributed by atoms with Crippen molar-refractivity contribution in [1.29, 1.82) is 0 Å². The maximum Gasteiger partial charge on any atom is 0.416 e. The standard InChI is InChI=1S/C17H24F3N3O/c1-11(2)16(24)22-13-5-4-12(15(8-13)17(18,19)20)9-23-7-6-14(10-23)21-3/h4-5,8,11,14,21H,6-7,9-10H2,1-3H3,(H,22,24). The number of likely N-dealkylation sites (tertiary alicyclic amines) is 1. The van der Waals surface area contributed by atoms with Crippen molar-refractivity contribution in [2.24, 2.45) is 5.92 Å². The van der Waals surface area contributed by atoms with Gasteiger partial charge in [-0.05, 0) is 31.2 Å². The minimum Gasteiger partial charge on any atom is -0.326 e. The van der Waals surface area contributed by atoms with E-state index in [0.29, 0.717) is 6.04 Å². The van der Waals surface area contributed by atoms with Gasteiger partial charge in [-0.3, -0.25) is 9.69 Å². The molecule has 7 heteroatoms. The van der Waals surface area contributed by atoms with E-state index in [4.69, 9.17) is 0 Å². The number of anilines is 1. The number of benzene rings is 1. The minimum atomic E-state index is -4.45. The lowest BCUT2D eigenvalue weighted by Gasteiger charge is -2.20. The molecule has 0 spiro atoms. The fourth-order valence-electron chi connectivity index (χ4n) is 2.80. The fourth-order valence-corrected chi connectivity index (χ4v) is 2.80. The van der Waals surface area contributed by atoms with Crippen LogP contribution in [0, 0.1) is 5.92 Å². The molecule has 134 valence electrons. The van der Waals surface area contributed by atoms with Crippen molar-refractivity contribution in [3.05, 3.63) is 29.3 Å². The lowest BCUT2D eigenvalue weighted by molar-refractivity contribution is -0.138. The van der Waals surface area contributed by atoms with E-state index >= 15 is 0 Å². The molecule has 1 amide bonds. The highest BCUT2D eigenvalue weighted by molar-refractivity contribution is 5.92. The van der Waals surface area contributed by atoms with Gasteiger partial charge < -0.3 is 10.6 Å². The van der Waals surface area contributed by atoms with E-state index in [1.54, 1.807) is 13.8 Å². The van der Waals surface area contributed by atoms with Gasteiger partial charge in [0.1, 0.15) is 0 Å². The van der Waals surface area contributed by atoms with Crippen LogP contribution in [0.25, 0.3) is 0 Å². The van der Waals surface area contributed by atoms with Crippen molar-refractivity contribution >= 4 is 11.6 Å². The van der Waals surface area contributed by atoms with Crippen LogP contribution in [0.2, 0.25) is 0 Å². The Kier molecular flexibility index (Phi) is 5.87. The second-order valence-electron chi connectivity index (χ2n) is 6.52. The second-order valence-corrected chi connectivity index (χ2v) is 6.52. The number of rotatable bonds is 5. The zero-order chi connectivity index (χ0) is 17.9. The topological polar surface area (TPSA) is 44.4 Å². The van der Waals surface area contributed by atoms with Crippen LogP contribution in [0.3, 0.4) is 0 Å². The molecule has 1 aromatic carbocycles. The average molecular weight is 343 g/mol. The van der Waals surface area contributed by atoms with Crippen molar-refractivity contribution in [3.8, 4) is 0 Å². The Balaban J connectivity index is 2.20. The summed E-state index contributed by atoms with van der Waals surface area (Å²) in [6, 6.07) is 4.35. The van der Waals surface area contributed by atoms with Gasteiger partial charge in [-0.2, -0.15) is 13.2 Å². The molecule has 1 unspecified atom stereocenters. The van der Waals surface area contributed by atoms with Gasteiger partial charge in [0.15, 0.2) is 0 Å². The van der Waals surface area contributed by atoms with Crippen LogP contribution in [0.15, 0.2) is 18.2 Å². The van der Waals surface area contributed by atoms with Crippen LogP contribution >= 0.6 is 0 Å². The van der Waals surface area contributed by atoms with Crippen LogP contribution in [-0.4, -0.2) is 37.0 Å². The molecule has 2 N–H and O–H groups in total. The molecule has 0 radical (unpaired) electrons. The van der Waals surface area contributed by atoms with E-state index in [1.807, 2.05) is 11.9 Å². The molecular formula is C17H24F3N3O. The van der Waals surface area contributed by atoms with Crippen molar-refractivity contribution in [2.45, 2.75) is 39.0 Å². The van der Waals surface area contributed by atoms with Gasteiger partial charge in [0.25, 0.3) is 0 Å². The van der Waals surface area contributed by atoms with E-state index in [2.05, 4.69) is 10.6 Å². The van der Waals surface area contributed by atoms with Gasteiger partial charge in [-0.25, -0.2) is 0 Å². The van der Waals surface area contributed by atoms with E-state index < -0.39 is 11.7 Å². The molecule has 1 aliphatic heterocycles. The third-order valence-corrected chi connectivity index (χ3v) is 4.28. The van der Waals surface area contributed by atoms with E-state index in [0.717, 1.165) is 25.6 Å². The molecule has 0 bridgehead atoms. The number of hydrogen-bond donors (Lipinski definition) is 2. The summed E-state index contributed by atoms with van der Waals surface area (Å²) in [5.74, 6) is -0.589. The smallest absolute Gasteiger partial charge is 0.326 e. The molecule has 0 saturated carbocycles. The first-order chi connectivity index (χ1) is 11.2. The summed E-state index contributed by atoms with van der Waals surface area (Å²) in [4.78, 5) is 13.7. The van der Waals surface area contributed by atoms with Gasteiger partial charge >= 0.3 is 6.18 Å². The zero-order valence-electron chi connectivity index (χ0n) is 14.2. The molecule has 24 heavy (non-hydrogen) atoms. The molecule has 1 fully saturated rings. The number of carbonyl (C=O) groups is 1. The molecular weight excluding hydrogens is 319 g/mol. The van der Waals surface area contributed by atoms with Gasteiger partial charge in [0.05, 0.1) is 5.56 Å². The Morgan fingerprint density at radius 2 is 2.08 bits per heavy atom. The first kappa shape index (κ1) is 18.7. The van der Waals surface area contributed by atoms with Crippen LogP contribution in [0.1, 0.15) is 31.4 Å². The summed E-state index contributed by atoms with van der Waals surface area (Å²) >= 11 is 0. The zero-order valence-corrected chi connectivity index (χ0v) is 14.2. The van der Waals surface area contributed by atoms with Gasteiger partial charge in [0, 0.05) is 37.3 Å². The third-order valence-electron chi connectivity index (χ3n) is 4.28.